The molecule has 0 spiro atoms. The molecule has 0 saturated carbocycles. The second-order valence-electron chi connectivity index (χ2n) is 4.31. The highest BCUT2D eigenvalue weighted by atomic mass is 32.2. The molecule has 20 heavy (non-hydrogen) atoms. The molecule has 1 aromatic carbocycles. The molecule has 2 rings (SSSR count). The van der Waals surface area contributed by atoms with E-state index in [9.17, 15) is 17.2 Å². The van der Waals surface area contributed by atoms with Gasteiger partial charge in [0.1, 0.15) is 22.9 Å². The van der Waals surface area contributed by atoms with Crippen LogP contribution in [0.5, 0.6) is 0 Å². The average Bonchev–Trinajstić information content (AvgIpc) is 2.83. The summed E-state index contributed by atoms with van der Waals surface area (Å²) in [7, 11) is -4.24. The van der Waals surface area contributed by atoms with Crippen LogP contribution in [0.4, 0.5) is 13.9 Å². The molecule has 1 aromatic heterocycles. The molecular formula is C11H11F2N3O2S2. The van der Waals surface area contributed by atoms with Gasteiger partial charge in [-0.05, 0) is 23.6 Å². The summed E-state index contributed by atoms with van der Waals surface area (Å²) < 4.78 is 57.3. The van der Waals surface area contributed by atoms with Crippen molar-refractivity contribution in [1.82, 2.24) is 9.36 Å². The van der Waals surface area contributed by atoms with Gasteiger partial charge >= 0.3 is 0 Å². The second kappa shape index (κ2) is 5.41. The van der Waals surface area contributed by atoms with Gasteiger partial charge in [-0.25, -0.2) is 22.2 Å². The predicted octanol–water partition coefficient (Wildman–Crippen LogP) is 2.74. The number of hydrogen-bond acceptors (Lipinski definition) is 5. The highest BCUT2D eigenvalue weighted by Crippen LogP contribution is 2.26. The number of sulfonamides is 1. The van der Waals surface area contributed by atoms with Gasteiger partial charge in [0, 0.05) is 11.5 Å². The van der Waals surface area contributed by atoms with Crippen LogP contribution in [0.2, 0.25) is 0 Å². The van der Waals surface area contributed by atoms with Gasteiger partial charge in [-0.15, -0.1) is 0 Å². The first-order valence-corrected chi connectivity index (χ1v) is 7.85. The molecule has 1 heterocycles. The standard InChI is InChI=1S/C11H11F2N3O2S2/c1-6(2)7-3-9(13)10(4-8(7)12)20(17,18)16-11-14-5-15-19-11/h3-6H,1-2H3,(H,14,15,16). The van der Waals surface area contributed by atoms with Crippen molar-refractivity contribution < 1.29 is 17.2 Å². The van der Waals surface area contributed by atoms with E-state index >= 15 is 0 Å². The monoisotopic (exact) mass is 319 g/mol. The summed E-state index contributed by atoms with van der Waals surface area (Å²) in [6, 6.07) is 1.57. The zero-order chi connectivity index (χ0) is 14.9. The topological polar surface area (TPSA) is 72.0 Å². The number of anilines is 1. The van der Waals surface area contributed by atoms with Crippen molar-refractivity contribution in [3.63, 3.8) is 0 Å². The van der Waals surface area contributed by atoms with Crippen molar-refractivity contribution in [1.29, 1.82) is 0 Å². The first kappa shape index (κ1) is 14.8. The Morgan fingerprint density at radius 1 is 1.25 bits per heavy atom. The molecule has 0 aliphatic carbocycles. The summed E-state index contributed by atoms with van der Waals surface area (Å²) >= 11 is 0.795. The molecule has 108 valence electrons. The molecule has 5 nitrogen and oxygen atoms in total. The smallest absolute Gasteiger partial charge is 0.253 e. The van der Waals surface area contributed by atoms with E-state index in [2.05, 4.69) is 9.36 Å². The molecule has 0 aliphatic rings. The largest absolute Gasteiger partial charge is 0.266 e. The third kappa shape index (κ3) is 2.93. The van der Waals surface area contributed by atoms with Gasteiger partial charge in [-0.1, -0.05) is 13.8 Å². The van der Waals surface area contributed by atoms with E-state index < -0.39 is 26.6 Å². The van der Waals surface area contributed by atoms with Gasteiger partial charge in [0.2, 0.25) is 5.13 Å². The van der Waals surface area contributed by atoms with E-state index in [1.54, 1.807) is 13.8 Å². The van der Waals surface area contributed by atoms with Crippen LogP contribution in [0.3, 0.4) is 0 Å². The van der Waals surface area contributed by atoms with Crippen LogP contribution in [0.25, 0.3) is 0 Å². The average molecular weight is 319 g/mol. The van der Waals surface area contributed by atoms with Crippen LogP contribution in [0, 0.1) is 11.6 Å². The zero-order valence-electron chi connectivity index (χ0n) is 10.6. The Morgan fingerprint density at radius 3 is 2.50 bits per heavy atom. The third-order valence-corrected chi connectivity index (χ3v) is 4.61. The Kier molecular flexibility index (Phi) is 4.00. The maximum atomic E-state index is 13.9. The Morgan fingerprint density at radius 2 is 1.95 bits per heavy atom. The van der Waals surface area contributed by atoms with Crippen molar-refractivity contribution in [3.8, 4) is 0 Å². The normalized spacial score (nSPS) is 11.8. The quantitative estimate of drug-likeness (QED) is 0.940. The molecule has 0 unspecified atom stereocenters. The number of rotatable bonds is 4. The fraction of sp³-hybridized carbons (Fsp3) is 0.273. The minimum atomic E-state index is -4.24. The SMILES string of the molecule is CC(C)c1cc(F)c(S(=O)(=O)Nc2ncns2)cc1F. The van der Waals surface area contributed by atoms with Crippen molar-refractivity contribution in [2.24, 2.45) is 0 Å². The van der Waals surface area contributed by atoms with Crippen LogP contribution < -0.4 is 4.72 Å². The maximum Gasteiger partial charge on any atom is 0.266 e. The van der Waals surface area contributed by atoms with E-state index in [1.807, 2.05) is 4.72 Å². The molecule has 0 aliphatic heterocycles. The van der Waals surface area contributed by atoms with E-state index in [4.69, 9.17) is 0 Å². The van der Waals surface area contributed by atoms with Crippen LogP contribution in [0.15, 0.2) is 23.4 Å². The van der Waals surface area contributed by atoms with Gasteiger partial charge in [0.05, 0.1) is 0 Å². The summed E-state index contributed by atoms with van der Waals surface area (Å²) in [5, 5.41) is -0.0160. The van der Waals surface area contributed by atoms with E-state index in [-0.39, 0.29) is 16.6 Å². The lowest BCUT2D eigenvalue weighted by atomic mass is 10.0. The number of nitrogens with one attached hydrogen (secondary N) is 1. The molecular weight excluding hydrogens is 308 g/mol. The number of aromatic nitrogens is 2. The van der Waals surface area contributed by atoms with E-state index in [0.717, 1.165) is 23.9 Å². The summed E-state index contributed by atoms with van der Waals surface area (Å²) in [6.07, 6.45) is 1.15. The number of benzene rings is 1. The van der Waals surface area contributed by atoms with E-state index in [1.165, 1.54) is 0 Å². The molecule has 9 heteroatoms. The Labute approximate surface area is 118 Å². The van der Waals surface area contributed by atoms with Crippen molar-refractivity contribution >= 4 is 26.7 Å². The predicted molar refractivity (Wildman–Crippen MR) is 71.2 cm³/mol. The van der Waals surface area contributed by atoms with Crippen molar-refractivity contribution in [3.05, 3.63) is 35.7 Å². The highest BCUT2D eigenvalue weighted by molar-refractivity contribution is 7.93. The summed E-state index contributed by atoms with van der Waals surface area (Å²) in [5.41, 5.74) is 0.123. The molecule has 0 atom stereocenters. The van der Waals surface area contributed by atoms with Gasteiger partial charge in [0.15, 0.2) is 0 Å². The third-order valence-electron chi connectivity index (χ3n) is 2.55. The van der Waals surface area contributed by atoms with Gasteiger partial charge in [-0.3, -0.25) is 4.72 Å². The number of hydrogen-bond donors (Lipinski definition) is 1. The highest BCUT2D eigenvalue weighted by Gasteiger charge is 2.23. The summed E-state index contributed by atoms with van der Waals surface area (Å²) in [4.78, 5) is 2.87. The number of nitrogens with zero attached hydrogens (tertiary/aromatic N) is 2. The Balaban J connectivity index is 2.45. The lowest BCUT2D eigenvalue weighted by molar-refractivity contribution is 0.542. The molecule has 0 radical (unpaired) electrons. The fourth-order valence-corrected chi connectivity index (χ4v) is 3.31. The molecule has 0 saturated heterocycles. The lowest BCUT2D eigenvalue weighted by Gasteiger charge is -2.11. The molecule has 0 fully saturated rings. The summed E-state index contributed by atoms with van der Waals surface area (Å²) in [6.45, 7) is 3.37. The summed E-state index contributed by atoms with van der Waals surface area (Å²) in [5.74, 6) is -2.02. The van der Waals surface area contributed by atoms with Crippen LogP contribution in [-0.2, 0) is 10.0 Å². The van der Waals surface area contributed by atoms with Gasteiger partial charge in [-0.2, -0.15) is 4.37 Å². The zero-order valence-corrected chi connectivity index (χ0v) is 12.2. The molecule has 0 bridgehead atoms. The van der Waals surface area contributed by atoms with Crippen LogP contribution in [0.1, 0.15) is 25.3 Å². The molecule has 0 amide bonds. The number of halogens is 2. The van der Waals surface area contributed by atoms with Crippen LogP contribution in [-0.4, -0.2) is 17.8 Å². The molecule has 2 aromatic rings. The van der Waals surface area contributed by atoms with Crippen molar-refractivity contribution in [2.75, 3.05) is 4.72 Å². The Hall–Kier alpha value is -1.61. The van der Waals surface area contributed by atoms with Crippen molar-refractivity contribution in [2.45, 2.75) is 24.7 Å². The Bertz CT molecular complexity index is 716. The molecule has 1 N–H and O–H groups in total. The first-order chi connectivity index (χ1) is 9.31. The van der Waals surface area contributed by atoms with Gasteiger partial charge in [0.25, 0.3) is 10.0 Å². The second-order valence-corrected chi connectivity index (χ2v) is 6.74. The fourth-order valence-electron chi connectivity index (χ4n) is 1.58. The minimum Gasteiger partial charge on any atom is -0.253 e. The minimum absolute atomic E-state index is 0.0160. The maximum absolute atomic E-state index is 13.9. The van der Waals surface area contributed by atoms with Crippen LogP contribution >= 0.6 is 11.5 Å². The van der Waals surface area contributed by atoms with E-state index in [0.29, 0.717) is 6.07 Å². The lowest BCUT2D eigenvalue weighted by Crippen LogP contribution is -2.15. The first-order valence-electron chi connectivity index (χ1n) is 5.59. The van der Waals surface area contributed by atoms with Gasteiger partial charge < -0.3 is 0 Å².